The Morgan fingerprint density at radius 3 is 2.56 bits per heavy atom. The summed E-state index contributed by atoms with van der Waals surface area (Å²) in [6.07, 6.45) is 8.27. The molecule has 0 radical (unpaired) electrons. The summed E-state index contributed by atoms with van der Waals surface area (Å²) in [6, 6.07) is 10.4. The highest BCUT2D eigenvalue weighted by Crippen LogP contribution is 2.28. The highest BCUT2D eigenvalue weighted by atomic mass is 35.5. The van der Waals surface area contributed by atoms with E-state index in [-0.39, 0.29) is 24.4 Å². The standard InChI is InChI=1S/C19H27N3OS.ClH/c1-22-17(13-18(23)20-15-9-7-4-8-10-15)14-24-19(22)21-16-11-5-2-3-6-12-16;/h4,7-10,16-17H,2-3,5-6,11-14H2,1H3,(H,20,23);1H/b21-19-;. The zero-order valence-electron chi connectivity index (χ0n) is 14.8. The fourth-order valence-electron chi connectivity index (χ4n) is 3.36. The topological polar surface area (TPSA) is 44.7 Å². The van der Waals surface area contributed by atoms with Crippen LogP contribution in [0.1, 0.15) is 44.9 Å². The summed E-state index contributed by atoms with van der Waals surface area (Å²) in [4.78, 5) is 19.5. The van der Waals surface area contributed by atoms with Crippen LogP contribution in [0, 0.1) is 0 Å². The molecule has 1 aromatic carbocycles. The Balaban J connectivity index is 0.00000225. The monoisotopic (exact) mass is 381 g/mol. The Kier molecular flexibility index (Phi) is 8.10. The minimum Gasteiger partial charge on any atom is -0.350 e. The van der Waals surface area contributed by atoms with Crippen LogP contribution in [-0.2, 0) is 4.79 Å². The van der Waals surface area contributed by atoms with Crippen LogP contribution in [0.3, 0.4) is 0 Å². The van der Waals surface area contributed by atoms with E-state index in [2.05, 4.69) is 17.3 Å². The number of carbonyl (C=O) groups is 1. The molecule has 1 saturated carbocycles. The van der Waals surface area contributed by atoms with Crippen molar-refractivity contribution in [2.45, 2.75) is 57.0 Å². The number of amides is 1. The normalized spacial score (nSPS) is 23.2. The third-order valence-corrected chi connectivity index (χ3v) is 6.05. The predicted octanol–water partition coefficient (Wildman–Crippen LogP) is 4.56. The van der Waals surface area contributed by atoms with Crippen molar-refractivity contribution in [3.8, 4) is 0 Å². The third kappa shape index (κ3) is 5.93. The fourth-order valence-corrected chi connectivity index (χ4v) is 4.61. The molecule has 0 spiro atoms. The number of amidine groups is 1. The summed E-state index contributed by atoms with van der Waals surface area (Å²) in [7, 11) is 2.08. The summed E-state index contributed by atoms with van der Waals surface area (Å²) in [5, 5.41) is 4.10. The Morgan fingerprint density at radius 1 is 1.20 bits per heavy atom. The maximum atomic E-state index is 12.3. The van der Waals surface area contributed by atoms with E-state index in [0.29, 0.717) is 12.5 Å². The number of aliphatic imine (C=N–C) groups is 1. The molecule has 1 heterocycles. The molecule has 1 aromatic rings. The zero-order valence-corrected chi connectivity index (χ0v) is 16.5. The van der Waals surface area contributed by atoms with Crippen molar-refractivity contribution in [3.05, 3.63) is 30.3 Å². The lowest BCUT2D eigenvalue weighted by Crippen LogP contribution is -2.34. The second kappa shape index (κ2) is 10.1. The lowest BCUT2D eigenvalue weighted by Gasteiger charge is -2.21. The summed E-state index contributed by atoms with van der Waals surface area (Å²) in [6.45, 7) is 0. The number of thioether (sulfide) groups is 1. The van der Waals surface area contributed by atoms with Gasteiger partial charge in [0.25, 0.3) is 0 Å². The van der Waals surface area contributed by atoms with Crippen LogP contribution < -0.4 is 5.32 Å². The van der Waals surface area contributed by atoms with Crippen LogP contribution in [0.5, 0.6) is 0 Å². The number of hydrogen-bond acceptors (Lipinski definition) is 3. The maximum absolute atomic E-state index is 12.3. The van der Waals surface area contributed by atoms with Gasteiger partial charge in [0.15, 0.2) is 5.17 Å². The van der Waals surface area contributed by atoms with Gasteiger partial charge in [-0.15, -0.1) is 12.4 Å². The Hall–Kier alpha value is -1.20. The molecule has 1 N–H and O–H groups in total. The van der Waals surface area contributed by atoms with Crippen LogP contribution in [0.25, 0.3) is 0 Å². The second-order valence-electron chi connectivity index (χ2n) is 6.75. The molecular weight excluding hydrogens is 354 g/mol. The third-order valence-electron chi connectivity index (χ3n) is 4.85. The molecule has 1 aliphatic carbocycles. The van der Waals surface area contributed by atoms with Crippen molar-refractivity contribution in [2.75, 3.05) is 18.1 Å². The first kappa shape index (κ1) is 20.1. The van der Waals surface area contributed by atoms with Gasteiger partial charge in [0.05, 0.1) is 6.04 Å². The van der Waals surface area contributed by atoms with Crippen molar-refractivity contribution < 1.29 is 4.79 Å². The quantitative estimate of drug-likeness (QED) is 0.777. The summed E-state index contributed by atoms with van der Waals surface area (Å²) in [5.74, 6) is 1.03. The second-order valence-corrected chi connectivity index (χ2v) is 7.74. The van der Waals surface area contributed by atoms with Gasteiger partial charge in [0.2, 0.25) is 5.91 Å². The van der Waals surface area contributed by atoms with Gasteiger partial charge in [0.1, 0.15) is 0 Å². The van der Waals surface area contributed by atoms with E-state index in [4.69, 9.17) is 4.99 Å². The molecule has 1 saturated heterocycles. The first-order chi connectivity index (χ1) is 11.7. The average Bonchev–Trinajstić information content (AvgIpc) is 2.79. The number of anilines is 1. The van der Waals surface area contributed by atoms with E-state index < -0.39 is 0 Å². The maximum Gasteiger partial charge on any atom is 0.226 e. The Bertz CT molecular complexity index is 573. The van der Waals surface area contributed by atoms with Gasteiger partial charge in [-0.3, -0.25) is 9.79 Å². The van der Waals surface area contributed by atoms with Crippen molar-refractivity contribution in [3.63, 3.8) is 0 Å². The highest BCUT2D eigenvalue weighted by molar-refractivity contribution is 8.14. The Labute approximate surface area is 161 Å². The molecule has 3 rings (SSSR count). The minimum absolute atomic E-state index is 0. The SMILES string of the molecule is CN1/C(=N/C2CCCCCC2)SCC1CC(=O)Nc1ccccc1.Cl. The molecular formula is C19H28ClN3OS. The van der Waals surface area contributed by atoms with Gasteiger partial charge >= 0.3 is 0 Å². The van der Waals surface area contributed by atoms with E-state index in [9.17, 15) is 4.79 Å². The van der Waals surface area contributed by atoms with Crippen molar-refractivity contribution in [2.24, 2.45) is 4.99 Å². The van der Waals surface area contributed by atoms with Gasteiger partial charge < -0.3 is 10.2 Å². The van der Waals surface area contributed by atoms with Gasteiger partial charge in [-0.25, -0.2) is 0 Å². The lowest BCUT2D eigenvalue weighted by atomic mass is 10.1. The molecule has 2 fully saturated rings. The van der Waals surface area contributed by atoms with Gasteiger partial charge in [-0.05, 0) is 25.0 Å². The number of para-hydroxylation sites is 1. The van der Waals surface area contributed by atoms with Crippen molar-refractivity contribution >= 4 is 40.9 Å². The number of carbonyl (C=O) groups excluding carboxylic acids is 1. The number of nitrogens with zero attached hydrogens (tertiary/aromatic N) is 2. The number of halogens is 1. The zero-order chi connectivity index (χ0) is 16.8. The first-order valence-corrected chi connectivity index (χ1v) is 9.99. The van der Waals surface area contributed by atoms with Gasteiger partial charge in [-0.2, -0.15) is 0 Å². The number of hydrogen-bond donors (Lipinski definition) is 1. The van der Waals surface area contributed by atoms with Crippen LogP contribution in [-0.4, -0.2) is 40.9 Å². The largest absolute Gasteiger partial charge is 0.350 e. The van der Waals surface area contributed by atoms with Crippen LogP contribution in [0.2, 0.25) is 0 Å². The highest BCUT2D eigenvalue weighted by Gasteiger charge is 2.29. The molecule has 0 aromatic heterocycles. The fraction of sp³-hybridized carbons (Fsp3) is 0.579. The van der Waals surface area contributed by atoms with E-state index in [0.717, 1.165) is 16.6 Å². The van der Waals surface area contributed by atoms with E-state index in [1.165, 1.54) is 38.5 Å². The number of benzene rings is 1. The first-order valence-electron chi connectivity index (χ1n) is 9.00. The molecule has 0 bridgehead atoms. The van der Waals surface area contributed by atoms with Gasteiger partial charge in [0, 0.05) is 31.0 Å². The van der Waals surface area contributed by atoms with E-state index in [1.54, 1.807) is 11.8 Å². The smallest absolute Gasteiger partial charge is 0.226 e. The van der Waals surface area contributed by atoms with Crippen LogP contribution in [0.4, 0.5) is 5.69 Å². The minimum atomic E-state index is 0. The number of rotatable bonds is 4. The number of nitrogens with one attached hydrogen (secondary N) is 1. The molecule has 138 valence electrons. The molecule has 1 amide bonds. The van der Waals surface area contributed by atoms with E-state index in [1.807, 2.05) is 30.3 Å². The Morgan fingerprint density at radius 2 is 1.88 bits per heavy atom. The molecule has 25 heavy (non-hydrogen) atoms. The molecule has 4 nitrogen and oxygen atoms in total. The predicted molar refractivity (Wildman–Crippen MR) is 110 cm³/mol. The summed E-state index contributed by atoms with van der Waals surface area (Å²) < 4.78 is 0. The van der Waals surface area contributed by atoms with Crippen LogP contribution in [0.15, 0.2) is 35.3 Å². The van der Waals surface area contributed by atoms with E-state index >= 15 is 0 Å². The summed E-state index contributed by atoms with van der Waals surface area (Å²) >= 11 is 1.80. The van der Waals surface area contributed by atoms with Crippen molar-refractivity contribution in [1.29, 1.82) is 0 Å². The average molecular weight is 382 g/mol. The van der Waals surface area contributed by atoms with Gasteiger partial charge in [-0.1, -0.05) is 55.6 Å². The lowest BCUT2D eigenvalue weighted by molar-refractivity contribution is -0.116. The molecule has 2 aliphatic rings. The molecule has 1 unspecified atom stereocenters. The molecule has 6 heteroatoms. The molecule has 1 aliphatic heterocycles. The van der Waals surface area contributed by atoms with Crippen LogP contribution >= 0.6 is 24.2 Å². The molecule has 1 atom stereocenters. The van der Waals surface area contributed by atoms with Crippen molar-refractivity contribution in [1.82, 2.24) is 4.90 Å². The summed E-state index contributed by atoms with van der Waals surface area (Å²) in [5.41, 5.74) is 0.864.